The van der Waals surface area contributed by atoms with Crippen LogP contribution in [-0.4, -0.2) is 16.5 Å². The van der Waals surface area contributed by atoms with Crippen LogP contribution in [0.4, 0.5) is 5.82 Å². The second kappa shape index (κ2) is 4.42. The van der Waals surface area contributed by atoms with Gasteiger partial charge in [0.2, 0.25) is 0 Å². The third-order valence-electron chi connectivity index (χ3n) is 1.16. The first-order chi connectivity index (χ1) is 5.75. The molecule has 0 fully saturated rings. The van der Waals surface area contributed by atoms with Crippen molar-refractivity contribution in [2.75, 3.05) is 11.9 Å². The Hall–Kier alpha value is -0.610. The standard InChI is InChI=1S/C7H7BrClN3/c1-2-3-10-7-5(8)6(9)11-4-12-7/h2,4H,1,3H2,(H,10,11,12). The number of aromatic nitrogens is 2. The zero-order valence-electron chi connectivity index (χ0n) is 6.22. The van der Waals surface area contributed by atoms with Gasteiger partial charge in [0.25, 0.3) is 0 Å². The number of nitrogens with zero attached hydrogens (tertiary/aromatic N) is 2. The monoisotopic (exact) mass is 247 g/mol. The largest absolute Gasteiger partial charge is 0.366 e. The zero-order valence-corrected chi connectivity index (χ0v) is 8.56. The molecule has 3 nitrogen and oxygen atoms in total. The smallest absolute Gasteiger partial charge is 0.148 e. The predicted molar refractivity (Wildman–Crippen MR) is 53.4 cm³/mol. The lowest BCUT2D eigenvalue weighted by molar-refractivity contribution is 1.13. The molecule has 5 heteroatoms. The molecule has 0 aliphatic heterocycles. The van der Waals surface area contributed by atoms with Gasteiger partial charge in [0.15, 0.2) is 0 Å². The first kappa shape index (κ1) is 9.48. The molecule has 0 aliphatic rings. The number of anilines is 1. The van der Waals surface area contributed by atoms with Gasteiger partial charge in [-0.3, -0.25) is 0 Å². The van der Waals surface area contributed by atoms with E-state index in [0.29, 0.717) is 22.0 Å². The van der Waals surface area contributed by atoms with E-state index in [1.807, 2.05) is 0 Å². The maximum Gasteiger partial charge on any atom is 0.148 e. The van der Waals surface area contributed by atoms with E-state index in [9.17, 15) is 0 Å². The predicted octanol–water partition coefficient (Wildman–Crippen LogP) is 2.49. The molecule has 12 heavy (non-hydrogen) atoms. The molecule has 1 rings (SSSR count). The average Bonchev–Trinajstić information content (AvgIpc) is 2.08. The van der Waals surface area contributed by atoms with E-state index < -0.39 is 0 Å². The maximum atomic E-state index is 5.73. The first-order valence-electron chi connectivity index (χ1n) is 3.26. The van der Waals surface area contributed by atoms with Gasteiger partial charge < -0.3 is 5.32 Å². The fourth-order valence-electron chi connectivity index (χ4n) is 0.640. The van der Waals surface area contributed by atoms with Crippen molar-refractivity contribution in [3.63, 3.8) is 0 Å². The summed E-state index contributed by atoms with van der Waals surface area (Å²) in [5.74, 6) is 0.676. The van der Waals surface area contributed by atoms with Crippen LogP contribution in [0.25, 0.3) is 0 Å². The van der Waals surface area contributed by atoms with Crippen LogP contribution in [0.2, 0.25) is 5.15 Å². The van der Waals surface area contributed by atoms with Crippen LogP contribution in [-0.2, 0) is 0 Å². The van der Waals surface area contributed by atoms with E-state index in [-0.39, 0.29) is 0 Å². The van der Waals surface area contributed by atoms with Crippen molar-refractivity contribution in [2.45, 2.75) is 0 Å². The molecule has 1 heterocycles. The fraction of sp³-hybridized carbons (Fsp3) is 0.143. The van der Waals surface area contributed by atoms with Crippen molar-refractivity contribution in [1.82, 2.24) is 9.97 Å². The summed E-state index contributed by atoms with van der Waals surface area (Å²) in [6.45, 7) is 4.22. The number of rotatable bonds is 3. The Morgan fingerprint density at radius 1 is 1.67 bits per heavy atom. The molecule has 0 bridgehead atoms. The molecule has 0 amide bonds. The van der Waals surface area contributed by atoms with E-state index in [4.69, 9.17) is 11.6 Å². The summed E-state index contributed by atoms with van der Waals surface area (Å²) in [7, 11) is 0. The third-order valence-corrected chi connectivity index (χ3v) is 2.43. The highest BCUT2D eigenvalue weighted by Gasteiger charge is 2.04. The molecular formula is C7H7BrClN3. The molecule has 0 atom stereocenters. The number of halogens is 2. The van der Waals surface area contributed by atoms with Crippen LogP contribution >= 0.6 is 27.5 Å². The minimum absolute atomic E-state index is 0.400. The molecule has 0 saturated carbocycles. The van der Waals surface area contributed by atoms with E-state index in [0.717, 1.165) is 0 Å². The number of nitrogens with one attached hydrogen (secondary N) is 1. The molecule has 1 aromatic rings. The molecule has 1 N–H and O–H groups in total. The quantitative estimate of drug-likeness (QED) is 0.660. The summed E-state index contributed by atoms with van der Waals surface area (Å²) in [6, 6.07) is 0. The molecule has 0 spiro atoms. The molecule has 0 unspecified atom stereocenters. The molecule has 0 aliphatic carbocycles. The molecule has 0 saturated heterocycles. The van der Waals surface area contributed by atoms with Gasteiger partial charge in [0.1, 0.15) is 17.3 Å². The summed E-state index contributed by atoms with van der Waals surface area (Å²) in [5.41, 5.74) is 0. The van der Waals surface area contributed by atoms with Crippen molar-refractivity contribution >= 4 is 33.3 Å². The molecule has 0 radical (unpaired) electrons. The second-order valence-electron chi connectivity index (χ2n) is 2.00. The van der Waals surface area contributed by atoms with Gasteiger partial charge in [-0.25, -0.2) is 9.97 Å². The van der Waals surface area contributed by atoms with E-state index in [1.54, 1.807) is 6.08 Å². The number of hydrogen-bond donors (Lipinski definition) is 1. The summed E-state index contributed by atoms with van der Waals surface area (Å²) in [4.78, 5) is 7.76. The van der Waals surface area contributed by atoms with Crippen LogP contribution in [0.5, 0.6) is 0 Å². The lowest BCUT2D eigenvalue weighted by atomic mass is 10.5. The first-order valence-corrected chi connectivity index (χ1v) is 4.43. The van der Waals surface area contributed by atoms with Crippen molar-refractivity contribution in [2.24, 2.45) is 0 Å². The normalized spacial score (nSPS) is 9.50. The fourth-order valence-corrected chi connectivity index (χ4v) is 1.12. The van der Waals surface area contributed by atoms with Crippen molar-refractivity contribution < 1.29 is 0 Å². The van der Waals surface area contributed by atoms with Gasteiger partial charge in [-0.2, -0.15) is 0 Å². The Morgan fingerprint density at radius 2 is 2.42 bits per heavy atom. The average molecular weight is 249 g/mol. The Morgan fingerprint density at radius 3 is 3.08 bits per heavy atom. The van der Waals surface area contributed by atoms with Crippen molar-refractivity contribution in [3.05, 3.63) is 28.6 Å². The molecule has 1 aromatic heterocycles. The topological polar surface area (TPSA) is 37.8 Å². The highest BCUT2D eigenvalue weighted by Crippen LogP contribution is 2.25. The van der Waals surface area contributed by atoms with Crippen LogP contribution in [0, 0.1) is 0 Å². The summed E-state index contributed by atoms with van der Waals surface area (Å²) in [5, 5.41) is 3.40. The van der Waals surface area contributed by atoms with Gasteiger partial charge in [0.05, 0.1) is 4.47 Å². The summed E-state index contributed by atoms with van der Waals surface area (Å²) >= 11 is 8.99. The van der Waals surface area contributed by atoms with Crippen LogP contribution in [0.15, 0.2) is 23.5 Å². The van der Waals surface area contributed by atoms with E-state index in [2.05, 4.69) is 37.8 Å². The van der Waals surface area contributed by atoms with E-state index >= 15 is 0 Å². The maximum absolute atomic E-state index is 5.73. The highest BCUT2D eigenvalue weighted by molar-refractivity contribution is 9.10. The number of hydrogen-bond acceptors (Lipinski definition) is 3. The van der Waals surface area contributed by atoms with Gasteiger partial charge in [-0.1, -0.05) is 17.7 Å². The molecule has 0 aromatic carbocycles. The lowest BCUT2D eigenvalue weighted by Crippen LogP contribution is -2.01. The lowest BCUT2D eigenvalue weighted by Gasteiger charge is -2.04. The Balaban J connectivity index is 2.84. The zero-order chi connectivity index (χ0) is 8.97. The van der Waals surface area contributed by atoms with E-state index in [1.165, 1.54) is 6.33 Å². The van der Waals surface area contributed by atoms with Crippen molar-refractivity contribution in [1.29, 1.82) is 0 Å². The van der Waals surface area contributed by atoms with Crippen LogP contribution in [0.3, 0.4) is 0 Å². The van der Waals surface area contributed by atoms with Gasteiger partial charge in [-0.15, -0.1) is 6.58 Å². The molecule has 64 valence electrons. The van der Waals surface area contributed by atoms with Gasteiger partial charge in [-0.05, 0) is 15.9 Å². The van der Waals surface area contributed by atoms with Gasteiger partial charge in [0, 0.05) is 6.54 Å². The van der Waals surface area contributed by atoms with Crippen LogP contribution in [0.1, 0.15) is 0 Å². The highest BCUT2D eigenvalue weighted by atomic mass is 79.9. The SMILES string of the molecule is C=CCNc1ncnc(Cl)c1Br. The Kier molecular flexibility index (Phi) is 3.49. The van der Waals surface area contributed by atoms with Crippen molar-refractivity contribution in [3.8, 4) is 0 Å². The Bertz CT molecular complexity index is 290. The van der Waals surface area contributed by atoms with Gasteiger partial charge >= 0.3 is 0 Å². The minimum Gasteiger partial charge on any atom is -0.366 e. The Labute approximate surface area is 84.0 Å². The summed E-state index contributed by atoms with van der Waals surface area (Å²) in [6.07, 6.45) is 3.14. The summed E-state index contributed by atoms with van der Waals surface area (Å²) < 4.78 is 0.675. The third kappa shape index (κ3) is 2.19. The molecular weight excluding hydrogens is 241 g/mol. The second-order valence-corrected chi connectivity index (χ2v) is 3.15. The minimum atomic E-state index is 0.400. The van der Waals surface area contributed by atoms with Crippen LogP contribution < -0.4 is 5.32 Å².